The third-order valence-electron chi connectivity index (χ3n) is 3.52. The molecule has 23 heavy (non-hydrogen) atoms. The summed E-state index contributed by atoms with van der Waals surface area (Å²) in [5.74, 6) is 1.45. The first-order valence-electron chi connectivity index (χ1n) is 7.51. The molecule has 5 nitrogen and oxygen atoms in total. The highest BCUT2D eigenvalue weighted by Gasteiger charge is 2.05. The van der Waals surface area contributed by atoms with E-state index in [0.717, 1.165) is 30.2 Å². The first-order valence-corrected chi connectivity index (χ1v) is 7.98. The van der Waals surface area contributed by atoms with Crippen LogP contribution in [0.1, 0.15) is 11.4 Å². The van der Waals surface area contributed by atoms with Crippen molar-refractivity contribution >= 4 is 34.8 Å². The zero-order chi connectivity index (χ0) is 16.8. The van der Waals surface area contributed by atoms with Gasteiger partial charge < -0.3 is 15.1 Å². The molecular weight excluding hydrogens is 306 g/mol. The molecule has 6 heteroatoms. The third kappa shape index (κ3) is 4.97. The molecule has 0 aliphatic heterocycles. The molecule has 0 bridgehead atoms. The van der Waals surface area contributed by atoms with Crippen LogP contribution < -0.4 is 10.2 Å². The Bertz CT molecular complexity index is 655. The summed E-state index contributed by atoms with van der Waals surface area (Å²) in [7, 11) is 6.26. The fourth-order valence-corrected chi connectivity index (χ4v) is 2.25. The van der Waals surface area contributed by atoms with Crippen LogP contribution in [-0.2, 0) is 0 Å². The minimum absolute atomic E-state index is 0.716. The molecule has 122 valence electrons. The summed E-state index contributed by atoms with van der Waals surface area (Å²) in [6.45, 7) is 3.87. The lowest BCUT2D eigenvalue weighted by Crippen LogP contribution is -2.28. The molecule has 0 unspecified atom stereocenters. The number of thiocarbonyl (C=S) groups is 1. The average molecular weight is 329 g/mol. The van der Waals surface area contributed by atoms with Crippen molar-refractivity contribution in [1.29, 1.82) is 0 Å². The van der Waals surface area contributed by atoms with Crippen LogP contribution in [0.2, 0.25) is 0 Å². The average Bonchev–Trinajstić information content (AvgIpc) is 2.53. The first kappa shape index (κ1) is 17.3. The molecule has 0 saturated carbocycles. The summed E-state index contributed by atoms with van der Waals surface area (Å²) >= 11 is 5.01. The minimum atomic E-state index is 0.716. The number of nitrogens with one attached hydrogen (secondary N) is 1. The molecule has 0 saturated heterocycles. The van der Waals surface area contributed by atoms with Crippen molar-refractivity contribution in [2.75, 3.05) is 44.4 Å². The van der Waals surface area contributed by atoms with Gasteiger partial charge in [0.05, 0.1) is 0 Å². The fourth-order valence-electron chi connectivity index (χ4n) is 2.08. The van der Waals surface area contributed by atoms with E-state index in [2.05, 4.69) is 58.4 Å². The van der Waals surface area contributed by atoms with E-state index in [-0.39, 0.29) is 0 Å². The van der Waals surface area contributed by atoms with Crippen LogP contribution in [0.25, 0.3) is 0 Å². The molecule has 0 aliphatic carbocycles. The van der Waals surface area contributed by atoms with Gasteiger partial charge in [0.2, 0.25) is 0 Å². The van der Waals surface area contributed by atoms with E-state index < -0.39 is 0 Å². The van der Waals surface area contributed by atoms with E-state index >= 15 is 0 Å². The van der Waals surface area contributed by atoms with Gasteiger partial charge in [0, 0.05) is 48.6 Å². The molecule has 1 aromatic heterocycles. The van der Waals surface area contributed by atoms with Gasteiger partial charge in [-0.2, -0.15) is 0 Å². The molecule has 2 aromatic rings. The van der Waals surface area contributed by atoms with Crippen molar-refractivity contribution in [2.45, 2.75) is 6.92 Å². The zero-order valence-corrected chi connectivity index (χ0v) is 14.9. The zero-order valence-electron chi connectivity index (χ0n) is 14.1. The summed E-state index contributed by atoms with van der Waals surface area (Å²) < 4.78 is 0. The third-order valence-corrected chi connectivity index (χ3v) is 3.77. The van der Waals surface area contributed by atoms with Crippen LogP contribution in [0.15, 0.2) is 30.5 Å². The second-order valence-electron chi connectivity index (χ2n) is 5.74. The van der Waals surface area contributed by atoms with Crippen molar-refractivity contribution in [1.82, 2.24) is 14.9 Å². The lowest BCUT2D eigenvalue weighted by atomic mass is 10.2. The van der Waals surface area contributed by atoms with Gasteiger partial charge in [0.1, 0.15) is 11.6 Å². The second kappa shape index (κ2) is 7.99. The quantitative estimate of drug-likeness (QED) is 0.788. The molecule has 0 atom stereocenters. The number of hydrogen-bond donors (Lipinski definition) is 1. The van der Waals surface area contributed by atoms with E-state index in [9.17, 15) is 0 Å². The van der Waals surface area contributed by atoms with Gasteiger partial charge in [-0.1, -0.05) is 12.2 Å². The normalized spacial score (nSPS) is 10.7. The van der Waals surface area contributed by atoms with Crippen molar-refractivity contribution < 1.29 is 0 Å². The molecular formula is C17H23N5S. The van der Waals surface area contributed by atoms with E-state index in [4.69, 9.17) is 12.2 Å². The Labute approximate surface area is 143 Å². The minimum Gasteiger partial charge on any atom is -0.373 e. The number of hydrogen-bond acceptors (Lipinski definition) is 6. The summed E-state index contributed by atoms with van der Waals surface area (Å²) in [4.78, 5) is 13.0. The number of rotatable bonds is 7. The van der Waals surface area contributed by atoms with Gasteiger partial charge in [-0.3, -0.25) is 0 Å². The number of aryl methyl sites for hydroxylation is 1. The first-order chi connectivity index (χ1) is 11.0. The monoisotopic (exact) mass is 329 g/mol. The van der Waals surface area contributed by atoms with Crippen molar-refractivity contribution in [3.8, 4) is 0 Å². The maximum absolute atomic E-state index is 5.01. The van der Waals surface area contributed by atoms with Gasteiger partial charge in [-0.25, -0.2) is 9.97 Å². The Morgan fingerprint density at radius 3 is 2.43 bits per heavy atom. The van der Waals surface area contributed by atoms with Gasteiger partial charge in [-0.05, 0) is 45.3 Å². The molecule has 0 radical (unpaired) electrons. The number of anilines is 3. The molecule has 1 N–H and O–H groups in total. The standard InChI is InChI=1S/C17H23N5S/c1-13-18-11-14(12-23)17(19-13)20-15-5-7-16(8-6-15)22(4)10-9-21(2)3/h5-8,11-12H,9-10H2,1-4H3,(H,18,19,20). The molecule has 1 aromatic carbocycles. The molecule has 1 heterocycles. The number of nitrogens with zero attached hydrogens (tertiary/aromatic N) is 4. The SMILES string of the molecule is Cc1ncc(C=S)c(Nc2ccc(N(C)CCN(C)C)cc2)n1. The highest BCUT2D eigenvalue weighted by atomic mass is 32.1. The van der Waals surface area contributed by atoms with E-state index in [1.807, 2.05) is 19.1 Å². The van der Waals surface area contributed by atoms with Crippen LogP contribution in [-0.4, -0.2) is 54.5 Å². The molecule has 0 aliphatic rings. The number of aromatic nitrogens is 2. The van der Waals surface area contributed by atoms with Crippen molar-refractivity contribution in [3.63, 3.8) is 0 Å². The van der Waals surface area contributed by atoms with Crippen molar-refractivity contribution in [3.05, 3.63) is 41.9 Å². The van der Waals surface area contributed by atoms with E-state index in [1.165, 1.54) is 5.69 Å². The van der Waals surface area contributed by atoms with Crippen LogP contribution in [0.3, 0.4) is 0 Å². The maximum atomic E-state index is 5.01. The van der Waals surface area contributed by atoms with Gasteiger partial charge in [0.25, 0.3) is 0 Å². The highest BCUT2D eigenvalue weighted by Crippen LogP contribution is 2.21. The van der Waals surface area contributed by atoms with Gasteiger partial charge >= 0.3 is 0 Å². The molecule has 0 spiro atoms. The molecule has 2 rings (SSSR count). The fraction of sp³-hybridized carbons (Fsp3) is 0.353. The summed E-state index contributed by atoms with van der Waals surface area (Å²) in [6, 6.07) is 8.30. The largest absolute Gasteiger partial charge is 0.373 e. The Kier molecular flexibility index (Phi) is 6.01. The number of benzene rings is 1. The second-order valence-corrected chi connectivity index (χ2v) is 5.97. The smallest absolute Gasteiger partial charge is 0.142 e. The molecule has 0 fully saturated rings. The van der Waals surface area contributed by atoms with Crippen LogP contribution in [0.5, 0.6) is 0 Å². The van der Waals surface area contributed by atoms with E-state index in [0.29, 0.717) is 5.82 Å². The van der Waals surface area contributed by atoms with Crippen LogP contribution >= 0.6 is 12.2 Å². The summed E-state index contributed by atoms with van der Waals surface area (Å²) in [5.41, 5.74) is 2.98. The predicted octanol–water partition coefficient (Wildman–Crippen LogP) is 2.87. The van der Waals surface area contributed by atoms with Gasteiger partial charge in [0.15, 0.2) is 0 Å². The Hall–Kier alpha value is -2.05. The summed E-state index contributed by atoms with van der Waals surface area (Å²) in [6.07, 6.45) is 1.74. The predicted molar refractivity (Wildman–Crippen MR) is 101 cm³/mol. The topological polar surface area (TPSA) is 44.3 Å². The summed E-state index contributed by atoms with van der Waals surface area (Å²) in [5, 5.41) is 4.89. The Morgan fingerprint density at radius 1 is 1.13 bits per heavy atom. The van der Waals surface area contributed by atoms with Gasteiger partial charge in [-0.15, -0.1) is 0 Å². The lowest BCUT2D eigenvalue weighted by Gasteiger charge is -2.21. The highest BCUT2D eigenvalue weighted by molar-refractivity contribution is 7.79. The van der Waals surface area contributed by atoms with E-state index in [1.54, 1.807) is 11.6 Å². The lowest BCUT2D eigenvalue weighted by molar-refractivity contribution is 0.416. The molecule has 0 amide bonds. The Balaban J connectivity index is 2.08. The maximum Gasteiger partial charge on any atom is 0.142 e. The van der Waals surface area contributed by atoms with Crippen LogP contribution in [0, 0.1) is 6.92 Å². The van der Waals surface area contributed by atoms with Crippen LogP contribution in [0.4, 0.5) is 17.2 Å². The van der Waals surface area contributed by atoms with Crippen molar-refractivity contribution in [2.24, 2.45) is 0 Å². The Morgan fingerprint density at radius 2 is 1.83 bits per heavy atom. The number of likely N-dealkylation sites (N-methyl/N-ethyl adjacent to an activating group) is 2.